The van der Waals surface area contributed by atoms with Gasteiger partial charge in [0.25, 0.3) is 0 Å². The van der Waals surface area contributed by atoms with Crippen LogP contribution in [0.5, 0.6) is 0 Å². The van der Waals surface area contributed by atoms with E-state index in [1.54, 1.807) is 0 Å². The Morgan fingerprint density at radius 2 is 1.90 bits per heavy atom. The summed E-state index contributed by atoms with van der Waals surface area (Å²) in [7, 11) is 0. The van der Waals surface area contributed by atoms with Crippen LogP contribution in [0.2, 0.25) is 0 Å². The molecule has 0 spiro atoms. The summed E-state index contributed by atoms with van der Waals surface area (Å²) in [5.74, 6) is 0.694. The Balaban J connectivity index is 2.01. The Morgan fingerprint density at radius 3 is 2.67 bits per heavy atom. The van der Waals surface area contributed by atoms with Gasteiger partial charge in [-0.2, -0.15) is 0 Å². The molecule has 104 valence electrons. The first kappa shape index (κ1) is 13.8. The van der Waals surface area contributed by atoms with Gasteiger partial charge in [-0.1, -0.05) is 46.3 Å². The van der Waals surface area contributed by atoms with E-state index in [1.807, 2.05) is 60.8 Å². The van der Waals surface area contributed by atoms with Gasteiger partial charge in [-0.25, -0.2) is 9.98 Å². The van der Waals surface area contributed by atoms with E-state index >= 15 is 0 Å². The zero-order chi connectivity index (χ0) is 14.7. The summed E-state index contributed by atoms with van der Waals surface area (Å²) in [6.45, 7) is 4.49. The Kier molecular flexibility index (Phi) is 3.97. The molecule has 0 amide bonds. The molecule has 3 aromatic rings. The van der Waals surface area contributed by atoms with Crippen LogP contribution in [0.1, 0.15) is 5.56 Å². The van der Waals surface area contributed by atoms with Crippen molar-refractivity contribution in [3.05, 3.63) is 71.2 Å². The smallest absolute Gasteiger partial charge is 0.230 e. The molecule has 4 heteroatoms. The number of hydrogen-bond acceptors (Lipinski definition) is 2. The second kappa shape index (κ2) is 6.06. The lowest BCUT2D eigenvalue weighted by Gasteiger charge is -2.01. The maximum atomic E-state index is 4.57. The van der Waals surface area contributed by atoms with Crippen LogP contribution in [0.4, 0.5) is 5.95 Å². The highest BCUT2D eigenvalue weighted by Crippen LogP contribution is 2.21. The van der Waals surface area contributed by atoms with Crippen molar-refractivity contribution in [3.63, 3.8) is 0 Å². The van der Waals surface area contributed by atoms with E-state index in [2.05, 4.69) is 37.1 Å². The first-order chi connectivity index (χ1) is 10.3. The third-order valence-corrected chi connectivity index (χ3v) is 3.67. The van der Waals surface area contributed by atoms with Gasteiger partial charge in [-0.3, -0.25) is 0 Å². The van der Waals surface area contributed by atoms with Gasteiger partial charge in [-0.05, 0) is 29.8 Å². The molecule has 0 N–H and O–H groups in total. The fourth-order valence-electron chi connectivity index (χ4n) is 2.15. The SMILES string of the molecule is C=CCn1c(/N=C/c2ccc(Br)cc2)nc2ccccc21. The van der Waals surface area contributed by atoms with Crippen LogP contribution in [0, 0.1) is 0 Å². The molecule has 3 rings (SSSR count). The average molecular weight is 340 g/mol. The standard InChI is InChI=1S/C17H14BrN3/c1-2-11-21-16-6-4-3-5-15(16)20-17(21)19-12-13-7-9-14(18)10-8-13/h2-10,12H,1,11H2/b19-12+. The lowest BCUT2D eigenvalue weighted by molar-refractivity contribution is 0.853. The zero-order valence-electron chi connectivity index (χ0n) is 11.4. The molecular weight excluding hydrogens is 326 g/mol. The summed E-state index contributed by atoms with van der Waals surface area (Å²) in [5, 5.41) is 0. The molecule has 0 saturated heterocycles. The summed E-state index contributed by atoms with van der Waals surface area (Å²) < 4.78 is 3.11. The highest BCUT2D eigenvalue weighted by Gasteiger charge is 2.07. The van der Waals surface area contributed by atoms with Gasteiger partial charge >= 0.3 is 0 Å². The minimum Gasteiger partial charge on any atom is -0.305 e. The minimum absolute atomic E-state index is 0.688. The Labute approximate surface area is 131 Å². The maximum absolute atomic E-state index is 4.57. The fraction of sp³-hybridized carbons (Fsp3) is 0.0588. The van der Waals surface area contributed by atoms with Gasteiger partial charge in [0, 0.05) is 17.2 Å². The van der Waals surface area contributed by atoms with Crippen LogP contribution in [0.15, 0.2) is 70.7 Å². The molecule has 0 unspecified atom stereocenters. The molecule has 0 saturated carbocycles. The number of halogens is 1. The number of hydrogen-bond donors (Lipinski definition) is 0. The van der Waals surface area contributed by atoms with E-state index in [-0.39, 0.29) is 0 Å². The number of benzene rings is 2. The molecule has 21 heavy (non-hydrogen) atoms. The van der Waals surface area contributed by atoms with Crippen LogP contribution in [-0.2, 0) is 6.54 Å². The number of imidazole rings is 1. The normalized spacial score (nSPS) is 11.3. The third-order valence-electron chi connectivity index (χ3n) is 3.15. The Morgan fingerprint density at radius 1 is 1.14 bits per heavy atom. The first-order valence-corrected chi connectivity index (χ1v) is 7.43. The van der Waals surface area contributed by atoms with Crippen LogP contribution >= 0.6 is 15.9 Å². The largest absolute Gasteiger partial charge is 0.305 e. The number of rotatable bonds is 4. The molecule has 3 nitrogen and oxygen atoms in total. The lowest BCUT2D eigenvalue weighted by Crippen LogP contribution is -1.94. The van der Waals surface area contributed by atoms with E-state index in [0.717, 1.165) is 21.1 Å². The first-order valence-electron chi connectivity index (χ1n) is 6.64. The number of para-hydroxylation sites is 2. The number of allylic oxidation sites excluding steroid dienone is 1. The van der Waals surface area contributed by atoms with Crippen LogP contribution < -0.4 is 0 Å². The molecule has 0 radical (unpaired) electrons. The molecule has 1 aromatic heterocycles. The molecule has 0 aliphatic carbocycles. The number of nitrogens with zero attached hydrogens (tertiary/aromatic N) is 3. The topological polar surface area (TPSA) is 30.2 Å². The molecule has 0 bridgehead atoms. The van der Waals surface area contributed by atoms with Gasteiger partial charge in [0.05, 0.1) is 11.0 Å². The Bertz CT molecular complexity index is 801. The van der Waals surface area contributed by atoms with Gasteiger partial charge in [0.2, 0.25) is 5.95 Å². The molecule has 2 aromatic carbocycles. The number of aliphatic imine (C=N–C) groups is 1. The van der Waals surface area contributed by atoms with Crippen LogP contribution in [0.3, 0.4) is 0 Å². The molecule has 0 fully saturated rings. The van der Waals surface area contributed by atoms with Gasteiger partial charge in [-0.15, -0.1) is 6.58 Å². The summed E-state index contributed by atoms with van der Waals surface area (Å²) >= 11 is 3.42. The molecule has 1 heterocycles. The number of aromatic nitrogens is 2. The van der Waals surface area contributed by atoms with Crippen molar-refractivity contribution in [1.82, 2.24) is 9.55 Å². The van der Waals surface area contributed by atoms with Crippen molar-refractivity contribution < 1.29 is 0 Å². The Hall–Kier alpha value is -2.20. The van der Waals surface area contributed by atoms with Crippen molar-refractivity contribution >= 4 is 39.1 Å². The molecule has 0 aliphatic rings. The van der Waals surface area contributed by atoms with Crippen LogP contribution in [0.25, 0.3) is 11.0 Å². The summed E-state index contributed by atoms with van der Waals surface area (Å²) in [4.78, 5) is 9.10. The van der Waals surface area contributed by atoms with E-state index in [9.17, 15) is 0 Å². The summed E-state index contributed by atoms with van der Waals surface area (Å²) in [5.41, 5.74) is 3.05. The van der Waals surface area contributed by atoms with Crippen molar-refractivity contribution in [2.24, 2.45) is 4.99 Å². The van der Waals surface area contributed by atoms with Crippen molar-refractivity contribution in [2.45, 2.75) is 6.54 Å². The van der Waals surface area contributed by atoms with E-state index in [0.29, 0.717) is 12.5 Å². The monoisotopic (exact) mass is 339 g/mol. The highest BCUT2D eigenvalue weighted by molar-refractivity contribution is 9.10. The van der Waals surface area contributed by atoms with Crippen molar-refractivity contribution in [2.75, 3.05) is 0 Å². The lowest BCUT2D eigenvalue weighted by atomic mass is 10.2. The minimum atomic E-state index is 0.688. The quantitative estimate of drug-likeness (QED) is 0.499. The second-order valence-electron chi connectivity index (χ2n) is 4.61. The van der Waals surface area contributed by atoms with Gasteiger partial charge in [0.1, 0.15) is 0 Å². The van der Waals surface area contributed by atoms with Crippen molar-refractivity contribution in [1.29, 1.82) is 0 Å². The van der Waals surface area contributed by atoms with Crippen molar-refractivity contribution in [3.8, 4) is 0 Å². The zero-order valence-corrected chi connectivity index (χ0v) is 13.0. The van der Waals surface area contributed by atoms with Gasteiger partial charge in [0.15, 0.2) is 0 Å². The molecule has 0 aliphatic heterocycles. The van der Waals surface area contributed by atoms with Crippen LogP contribution in [-0.4, -0.2) is 15.8 Å². The van der Waals surface area contributed by atoms with Gasteiger partial charge < -0.3 is 4.57 Å². The summed E-state index contributed by atoms with van der Waals surface area (Å²) in [6.07, 6.45) is 3.68. The third kappa shape index (κ3) is 2.95. The predicted octanol–water partition coefficient (Wildman–Crippen LogP) is 4.74. The van der Waals surface area contributed by atoms with E-state index in [1.165, 1.54) is 0 Å². The van der Waals surface area contributed by atoms with E-state index < -0.39 is 0 Å². The van der Waals surface area contributed by atoms with E-state index in [4.69, 9.17) is 0 Å². The molecule has 0 atom stereocenters. The summed E-state index contributed by atoms with van der Waals surface area (Å²) in [6, 6.07) is 16.0. The highest BCUT2D eigenvalue weighted by atomic mass is 79.9. The molecular formula is C17H14BrN3. The second-order valence-corrected chi connectivity index (χ2v) is 5.53. The number of fused-ring (bicyclic) bond motifs is 1. The fourth-order valence-corrected chi connectivity index (χ4v) is 2.42. The predicted molar refractivity (Wildman–Crippen MR) is 91.3 cm³/mol. The average Bonchev–Trinajstić information content (AvgIpc) is 2.85. The maximum Gasteiger partial charge on any atom is 0.230 e.